The Labute approximate surface area is 146 Å². The Bertz CT molecular complexity index is 715. The molecule has 2 aliphatic carbocycles. The van der Waals surface area contributed by atoms with Crippen molar-refractivity contribution in [2.45, 2.75) is 48.3 Å². The van der Waals surface area contributed by atoms with E-state index in [0.29, 0.717) is 5.32 Å². The molecule has 1 saturated heterocycles. The van der Waals surface area contributed by atoms with E-state index in [2.05, 4.69) is 6.07 Å². The van der Waals surface area contributed by atoms with Crippen LogP contribution in [0.15, 0.2) is 18.2 Å². The van der Waals surface area contributed by atoms with Gasteiger partial charge >= 0.3 is 146 Å². The topological polar surface area (TPSA) is 63.6 Å². The van der Waals surface area contributed by atoms with Crippen molar-refractivity contribution in [3.63, 3.8) is 0 Å². The van der Waals surface area contributed by atoms with Crippen molar-refractivity contribution in [3.05, 3.63) is 29.3 Å². The summed E-state index contributed by atoms with van der Waals surface area (Å²) in [6.07, 6.45) is 3.53. The van der Waals surface area contributed by atoms with Gasteiger partial charge in [0.1, 0.15) is 0 Å². The van der Waals surface area contributed by atoms with Crippen molar-refractivity contribution in [1.29, 1.82) is 0 Å². The molecular formula is C19H24O4Se. The summed E-state index contributed by atoms with van der Waals surface area (Å²) in [6.45, 7) is 1.57. The molecule has 1 aromatic rings. The van der Waals surface area contributed by atoms with Crippen molar-refractivity contribution >= 4 is 19.6 Å². The Kier molecular flexibility index (Phi) is 3.94. The Morgan fingerprint density at radius 2 is 2.12 bits per heavy atom. The molecule has 0 amide bonds. The fourth-order valence-electron chi connectivity index (χ4n) is 5.42. The van der Waals surface area contributed by atoms with Gasteiger partial charge in [0.2, 0.25) is 0 Å². The van der Waals surface area contributed by atoms with E-state index in [1.807, 2.05) is 12.1 Å². The van der Waals surface area contributed by atoms with E-state index in [1.165, 1.54) is 11.1 Å². The van der Waals surface area contributed by atoms with E-state index >= 15 is 0 Å². The van der Waals surface area contributed by atoms with Crippen LogP contribution in [0.3, 0.4) is 0 Å². The fourth-order valence-corrected chi connectivity index (χ4v) is 10.2. The summed E-state index contributed by atoms with van der Waals surface area (Å²) in [5.74, 6) is 0.868. The second-order valence-corrected chi connectivity index (χ2v) is 10.8. The van der Waals surface area contributed by atoms with Gasteiger partial charge in [-0.15, -0.1) is 0 Å². The van der Waals surface area contributed by atoms with Gasteiger partial charge in [0, 0.05) is 0 Å². The Balaban J connectivity index is 1.75. The van der Waals surface area contributed by atoms with Gasteiger partial charge in [-0.2, -0.15) is 0 Å². The van der Waals surface area contributed by atoms with Crippen molar-refractivity contribution in [2.75, 3.05) is 7.11 Å². The number of aliphatic hydroxyl groups is 1. The molecular weight excluding hydrogens is 371 g/mol. The van der Waals surface area contributed by atoms with Crippen LogP contribution in [-0.4, -0.2) is 37.4 Å². The van der Waals surface area contributed by atoms with Crippen LogP contribution in [0.1, 0.15) is 42.1 Å². The summed E-state index contributed by atoms with van der Waals surface area (Å²) >= 11 is -2.27. The summed E-state index contributed by atoms with van der Waals surface area (Å²) in [7, 11) is 1.65. The first-order chi connectivity index (χ1) is 11.5. The molecule has 1 aromatic carbocycles. The number of rotatable bonds is 2. The minimum atomic E-state index is -2.27. The van der Waals surface area contributed by atoms with E-state index in [-0.39, 0.29) is 28.4 Å². The zero-order valence-corrected chi connectivity index (χ0v) is 15.9. The van der Waals surface area contributed by atoms with Crippen LogP contribution in [-0.2, 0) is 15.1 Å². The number of benzene rings is 1. The molecule has 0 radical (unpaired) electrons. The normalized spacial score (nSPS) is 40.4. The first-order valence-electron chi connectivity index (χ1n) is 8.72. The summed E-state index contributed by atoms with van der Waals surface area (Å²) in [4.78, 5) is 12.0. The SMILES string of the molecule is COc1ccc2c(c1)[C@@H]1[C@@H](CC2)[C@@H]2CC[C@@H](C(C)=O)[C@@]2(O)C[Se]1=O. The van der Waals surface area contributed by atoms with Crippen molar-refractivity contribution in [3.8, 4) is 5.75 Å². The molecule has 24 heavy (non-hydrogen) atoms. The van der Waals surface area contributed by atoms with Gasteiger partial charge in [0.15, 0.2) is 0 Å². The monoisotopic (exact) mass is 396 g/mol. The summed E-state index contributed by atoms with van der Waals surface area (Å²) < 4.78 is 18.6. The Hall–Kier alpha value is -1.03. The maximum atomic E-state index is 13.2. The van der Waals surface area contributed by atoms with Crippen molar-refractivity contribution in [2.24, 2.45) is 17.8 Å². The number of carbonyl (C=O) groups is 1. The van der Waals surface area contributed by atoms with Gasteiger partial charge in [-0.3, -0.25) is 0 Å². The number of Topliss-reactive ketones (excluding diaryl/α,β-unsaturated/α-hetero) is 1. The molecule has 4 rings (SSSR count). The standard InChI is InChI=1S/C19H24O4Se/c1-11(20)16-7-8-17-14-6-4-12-3-5-13(23-2)9-15(12)18(14)24(22)10-19(16,17)21/h3,5,9,14,16-18,21H,4,6-8,10H2,1-2H3/t14-,16-,17-,18-,19-,24?/m0/s1. The molecule has 1 aliphatic heterocycles. The van der Waals surface area contributed by atoms with Gasteiger partial charge in [-0.25, -0.2) is 0 Å². The van der Waals surface area contributed by atoms with Crippen LogP contribution in [0.25, 0.3) is 0 Å². The quantitative estimate of drug-likeness (QED) is 0.783. The number of carbonyl (C=O) groups excluding carboxylic acids is 1. The third-order valence-corrected chi connectivity index (χ3v) is 10.5. The van der Waals surface area contributed by atoms with Crippen LogP contribution in [0.2, 0.25) is 5.32 Å². The second kappa shape index (κ2) is 5.76. The molecule has 1 saturated carbocycles. The van der Waals surface area contributed by atoms with Crippen molar-refractivity contribution in [1.82, 2.24) is 0 Å². The molecule has 6 atom stereocenters. The molecule has 0 aromatic heterocycles. The van der Waals surface area contributed by atoms with Gasteiger partial charge < -0.3 is 0 Å². The molecule has 0 bridgehead atoms. The van der Waals surface area contributed by atoms with E-state index in [9.17, 15) is 13.7 Å². The number of ketones is 1. The van der Waals surface area contributed by atoms with Gasteiger partial charge in [-0.1, -0.05) is 0 Å². The van der Waals surface area contributed by atoms with Crippen LogP contribution in [0.5, 0.6) is 5.75 Å². The Morgan fingerprint density at radius 3 is 2.83 bits per heavy atom. The second-order valence-electron chi connectivity index (χ2n) is 7.55. The van der Waals surface area contributed by atoms with Gasteiger partial charge in [0.25, 0.3) is 0 Å². The third kappa shape index (κ3) is 2.25. The fraction of sp³-hybridized carbons (Fsp3) is 0.632. The first-order valence-corrected chi connectivity index (χ1v) is 11.6. The number of fused-ring (bicyclic) bond motifs is 5. The number of hydrogen-bond acceptors (Lipinski definition) is 4. The molecule has 3 aliphatic rings. The zero-order valence-electron chi connectivity index (χ0n) is 14.2. The van der Waals surface area contributed by atoms with Crippen LogP contribution in [0, 0.1) is 17.8 Å². The predicted octanol–water partition coefficient (Wildman–Crippen LogP) is 2.66. The maximum absolute atomic E-state index is 13.2. The van der Waals surface area contributed by atoms with Gasteiger partial charge in [0.05, 0.1) is 0 Å². The third-order valence-electron chi connectivity index (χ3n) is 6.47. The predicted molar refractivity (Wildman–Crippen MR) is 90.6 cm³/mol. The van der Waals surface area contributed by atoms with E-state index in [0.717, 1.165) is 31.4 Å². The molecule has 4 nitrogen and oxygen atoms in total. The van der Waals surface area contributed by atoms with Crippen LogP contribution >= 0.6 is 0 Å². The van der Waals surface area contributed by atoms with Crippen LogP contribution in [0.4, 0.5) is 0 Å². The number of ether oxygens (including phenoxy) is 1. The molecule has 130 valence electrons. The summed E-state index contributed by atoms with van der Waals surface area (Å²) in [5, 5.41) is 11.6. The summed E-state index contributed by atoms with van der Waals surface area (Å²) in [6, 6.07) is 6.11. The van der Waals surface area contributed by atoms with E-state index < -0.39 is 19.4 Å². The number of methoxy groups -OCH3 is 1. The Morgan fingerprint density at radius 1 is 1.33 bits per heavy atom. The average molecular weight is 395 g/mol. The molecule has 2 fully saturated rings. The van der Waals surface area contributed by atoms with E-state index in [4.69, 9.17) is 4.74 Å². The number of aryl methyl sites for hydroxylation is 1. The van der Waals surface area contributed by atoms with Crippen LogP contribution < -0.4 is 4.74 Å². The minimum absolute atomic E-state index is 0.0510. The molecule has 0 spiro atoms. The zero-order chi connectivity index (χ0) is 17.1. The molecule has 1 N–H and O–H groups in total. The number of hydrogen-bond donors (Lipinski definition) is 1. The van der Waals surface area contributed by atoms with E-state index in [1.54, 1.807) is 14.0 Å². The molecule has 5 heteroatoms. The molecule has 1 heterocycles. The van der Waals surface area contributed by atoms with Crippen molar-refractivity contribution < 1.29 is 18.5 Å². The average Bonchev–Trinajstić information content (AvgIpc) is 2.90. The summed E-state index contributed by atoms with van der Waals surface area (Å²) in [5.41, 5.74) is 1.41. The van der Waals surface area contributed by atoms with Gasteiger partial charge in [-0.05, 0) is 0 Å². The molecule has 1 unspecified atom stereocenters. The first kappa shape index (κ1) is 16.4.